The molecule has 0 unspecified atom stereocenters. The molecule has 1 heterocycles. The monoisotopic (exact) mass is 811 g/mol. The molecule has 11 aliphatic rings. The van der Waals surface area contributed by atoms with Crippen LogP contribution in [0.3, 0.4) is 0 Å². The van der Waals surface area contributed by atoms with Crippen LogP contribution in [0, 0.1) is 40.9 Å². The molecule has 318 valence electrons. The van der Waals surface area contributed by atoms with Crippen molar-refractivity contribution in [3.8, 4) is 22.3 Å². The Morgan fingerprint density at radius 3 is 1.15 bits per heavy atom. The topological polar surface area (TPSA) is 18.5 Å². The van der Waals surface area contributed by atoms with E-state index in [1.807, 2.05) is 0 Å². The molecule has 4 aromatic carbocycles. The minimum Gasteiger partial charge on any atom is -0.399 e. The standard InChI is InChI=1S/C58H71BO2/c1-6-7-8-9-26-55-27-30-56(31-28-55,32-29-55)43-18-14-41(15-19-43)39-10-12-40(13-11-39)42-16-20-44(21-17-42)57-33-47-50-36-58(37-51(47)49(35-57)52(38-58)48(50)34-57)45-22-24-46(25-23-45)59-60-53(2,3)54(4,5)61-59/h10-25,47-52H,6-9,26-38H2,1-5H3. The average Bonchev–Trinajstić information content (AvgIpc) is 3.53. The van der Waals surface area contributed by atoms with E-state index < -0.39 is 0 Å². The first-order valence-corrected chi connectivity index (χ1v) is 25.2. The summed E-state index contributed by atoms with van der Waals surface area (Å²) in [7, 11) is -0.278. The number of fused-ring (bicyclic) bond motifs is 3. The fraction of sp³-hybridized carbons (Fsp3) is 0.586. The van der Waals surface area contributed by atoms with E-state index in [4.69, 9.17) is 9.31 Å². The average molecular weight is 811 g/mol. The van der Waals surface area contributed by atoms with Crippen LogP contribution in [0.2, 0.25) is 0 Å². The first-order valence-electron chi connectivity index (χ1n) is 25.2. The molecule has 0 aromatic heterocycles. The fourth-order valence-corrected chi connectivity index (χ4v) is 16.5. The third kappa shape index (κ3) is 6.07. The van der Waals surface area contributed by atoms with Crippen molar-refractivity contribution in [3.63, 3.8) is 0 Å². The molecule has 10 saturated carbocycles. The molecular weight excluding hydrogens is 739 g/mol. The lowest BCUT2D eigenvalue weighted by Crippen LogP contribution is -2.69. The maximum absolute atomic E-state index is 6.42. The molecule has 0 N–H and O–H groups in total. The third-order valence-electron chi connectivity index (χ3n) is 20.6. The molecule has 1 aliphatic heterocycles. The van der Waals surface area contributed by atoms with Gasteiger partial charge in [0.05, 0.1) is 11.2 Å². The molecule has 10 bridgehead atoms. The fourth-order valence-electron chi connectivity index (χ4n) is 16.5. The molecule has 4 aromatic rings. The minimum atomic E-state index is -0.306. The summed E-state index contributed by atoms with van der Waals surface area (Å²) in [5.74, 6) is 5.50. The SMILES string of the molecule is CCCCCCC12CCC(c3ccc(-c4ccc(-c5ccc(C67CC8C9CC%10(c%11ccc(B%12OC(C)(C)C(C)(C)O%12)cc%11)CC8C(C6)C(C%10)C9C7)cc5)cc4)cc3)(CC1)CC2. The van der Waals surface area contributed by atoms with Crippen molar-refractivity contribution in [2.75, 3.05) is 0 Å². The van der Waals surface area contributed by atoms with Gasteiger partial charge in [0.2, 0.25) is 0 Å². The maximum atomic E-state index is 6.42. The molecule has 0 radical (unpaired) electrons. The molecule has 11 fully saturated rings. The van der Waals surface area contributed by atoms with E-state index >= 15 is 0 Å². The van der Waals surface area contributed by atoms with Crippen LogP contribution in [-0.2, 0) is 25.6 Å². The zero-order valence-electron chi connectivity index (χ0n) is 38.1. The number of hydrogen-bond acceptors (Lipinski definition) is 2. The van der Waals surface area contributed by atoms with E-state index in [-0.39, 0.29) is 18.3 Å². The maximum Gasteiger partial charge on any atom is 0.494 e. The summed E-state index contributed by atoms with van der Waals surface area (Å²) in [6.07, 6.45) is 24.2. The van der Waals surface area contributed by atoms with Gasteiger partial charge >= 0.3 is 7.12 Å². The van der Waals surface area contributed by atoms with Gasteiger partial charge in [0.1, 0.15) is 0 Å². The van der Waals surface area contributed by atoms with Crippen LogP contribution in [0.4, 0.5) is 0 Å². The van der Waals surface area contributed by atoms with Crippen LogP contribution < -0.4 is 5.46 Å². The summed E-state index contributed by atoms with van der Waals surface area (Å²) in [5, 5.41) is 0. The van der Waals surface area contributed by atoms with Crippen molar-refractivity contribution in [1.29, 1.82) is 0 Å². The Kier molecular flexibility index (Phi) is 9.01. The summed E-state index contributed by atoms with van der Waals surface area (Å²) in [5.41, 5.74) is 12.7. The molecule has 61 heavy (non-hydrogen) atoms. The molecule has 10 aliphatic carbocycles. The molecule has 1 saturated heterocycles. The number of unbranched alkanes of at least 4 members (excludes halogenated alkanes) is 3. The highest BCUT2D eigenvalue weighted by molar-refractivity contribution is 6.62. The van der Waals surface area contributed by atoms with E-state index in [1.165, 1.54) is 131 Å². The summed E-state index contributed by atoms with van der Waals surface area (Å²) >= 11 is 0. The number of hydrogen-bond donors (Lipinski definition) is 0. The van der Waals surface area contributed by atoms with Crippen molar-refractivity contribution in [3.05, 3.63) is 114 Å². The molecule has 0 spiro atoms. The Morgan fingerprint density at radius 1 is 0.426 bits per heavy atom. The van der Waals surface area contributed by atoms with Crippen molar-refractivity contribution in [2.45, 2.75) is 171 Å². The van der Waals surface area contributed by atoms with Gasteiger partial charge in [-0.2, -0.15) is 0 Å². The Labute approximate surface area is 368 Å². The predicted molar refractivity (Wildman–Crippen MR) is 252 cm³/mol. The zero-order valence-corrected chi connectivity index (χ0v) is 38.1. The van der Waals surface area contributed by atoms with Gasteiger partial charge in [0.25, 0.3) is 0 Å². The van der Waals surface area contributed by atoms with E-state index in [2.05, 4.69) is 132 Å². The molecule has 3 heteroatoms. The third-order valence-corrected chi connectivity index (χ3v) is 20.6. The van der Waals surface area contributed by atoms with Gasteiger partial charge in [0, 0.05) is 0 Å². The van der Waals surface area contributed by atoms with Crippen LogP contribution in [0.1, 0.15) is 160 Å². The van der Waals surface area contributed by atoms with Gasteiger partial charge < -0.3 is 9.31 Å². The van der Waals surface area contributed by atoms with Gasteiger partial charge in [0.15, 0.2) is 0 Å². The van der Waals surface area contributed by atoms with Gasteiger partial charge in [-0.15, -0.1) is 0 Å². The highest BCUT2D eigenvalue weighted by Crippen LogP contribution is 2.77. The largest absolute Gasteiger partial charge is 0.494 e. The molecule has 0 amide bonds. The summed E-state index contributed by atoms with van der Waals surface area (Å²) < 4.78 is 12.8. The van der Waals surface area contributed by atoms with Crippen LogP contribution in [0.5, 0.6) is 0 Å². The molecule has 0 atom stereocenters. The lowest BCUT2D eigenvalue weighted by atomic mass is 9.29. The minimum absolute atomic E-state index is 0.278. The Bertz CT molecular complexity index is 2160. The first-order chi connectivity index (χ1) is 29.4. The lowest BCUT2D eigenvalue weighted by Gasteiger charge is -2.75. The zero-order chi connectivity index (χ0) is 41.4. The predicted octanol–water partition coefficient (Wildman–Crippen LogP) is 14.2. The van der Waals surface area contributed by atoms with Crippen LogP contribution in [0.25, 0.3) is 22.3 Å². The van der Waals surface area contributed by atoms with Gasteiger partial charge in [-0.1, -0.05) is 130 Å². The number of rotatable bonds is 11. The van der Waals surface area contributed by atoms with Crippen LogP contribution in [0.15, 0.2) is 97.1 Å². The highest BCUT2D eigenvalue weighted by atomic mass is 16.7. The number of benzene rings is 4. The van der Waals surface area contributed by atoms with E-state index in [0.29, 0.717) is 21.7 Å². The smallest absolute Gasteiger partial charge is 0.399 e. The van der Waals surface area contributed by atoms with Crippen molar-refractivity contribution < 1.29 is 9.31 Å². The quantitative estimate of drug-likeness (QED) is 0.111. The Balaban J connectivity index is 0.697. The molecule has 15 rings (SSSR count). The first kappa shape index (κ1) is 39.5. The summed E-state index contributed by atoms with van der Waals surface area (Å²) in [4.78, 5) is 0. The Morgan fingerprint density at radius 2 is 0.770 bits per heavy atom. The van der Waals surface area contributed by atoms with Gasteiger partial charge in [-0.05, 0) is 213 Å². The molecule has 2 nitrogen and oxygen atoms in total. The highest BCUT2D eigenvalue weighted by Gasteiger charge is 2.70. The summed E-state index contributed by atoms with van der Waals surface area (Å²) in [6.45, 7) is 10.9. The van der Waals surface area contributed by atoms with E-state index in [1.54, 1.807) is 16.7 Å². The van der Waals surface area contributed by atoms with E-state index in [0.717, 1.165) is 41.0 Å². The van der Waals surface area contributed by atoms with Crippen LogP contribution >= 0.6 is 0 Å². The normalized spacial score (nSPS) is 38.1. The molecular formula is C58H71BO2. The van der Waals surface area contributed by atoms with Crippen molar-refractivity contribution >= 4 is 12.6 Å². The second-order valence-electron chi connectivity index (χ2n) is 23.8. The van der Waals surface area contributed by atoms with Gasteiger partial charge in [-0.3, -0.25) is 0 Å². The lowest BCUT2D eigenvalue weighted by molar-refractivity contribution is -0.221. The Hall–Kier alpha value is -3.14. The van der Waals surface area contributed by atoms with Crippen LogP contribution in [-0.4, -0.2) is 18.3 Å². The van der Waals surface area contributed by atoms with E-state index in [9.17, 15) is 0 Å². The van der Waals surface area contributed by atoms with Crippen molar-refractivity contribution in [1.82, 2.24) is 0 Å². The second-order valence-corrected chi connectivity index (χ2v) is 23.8. The van der Waals surface area contributed by atoms with Crippen molar-refractivity contribution in [2.24, 2.45) is 40.9 Å². The second kappa shape index (κ2) is 13.9. The summed E-state index contributed by atoms with van der Waals surface area (Å²) in [6, 6.07) is 38.8. The van der Waals surface area contributed by atoms with Gasteiger partial charge in [-0.25, -0.2) is 0 Å².